The summed E-state index contributed by atoms with van der Waals surface area (Å²) in [6.07, 6.45) is 0.910. The van der Waals surface area contributed by atoms with Crippen LogP contribution in [0, 0.1) is 0 Å². The Bertz CT molecular complexity index is 656. The molecule has 0 radical (unpaired) electrons. The second-order valence-corrected chi connectivity index (χ2v) is 5.91. The lowest BCUT2D eigenvalue weighted by Gasteiger charge is -2.36. The summed E-state index contributed by atoms with van der Waals surface area (Å²) in [5.74, 6) is 1.08. The molecular weight excluding hydrogens is 294 g/mol. The zero-order valence-corrected chi connectivity index (χ0v) is 13.4. The molecule has 0 aliphatic carbocycles. The number of nitrogens with zero attached hydrogens (tertiary/aromatic N) is 3. The largest absolute Gasteiger partial charge is 0.421 e. The molecule has 6 heteroatoms. The van der Waals surface area contributed by atoms with Gasteiger partial charge in [0.2, 0.25) is 17.7 Å². The van der Waals surface area contributed by atoms with E-state index in [1.807, 2.05) is 49.1 Å². The molecule has 0 N–H and O–H groups in total. The number of hydrogen-bond acceptors (Lipinski definition) is 5. The quantitative estimate of drug-likeness (QED) is 0.866. The van der Waals surface area contributed by atoms with Crippen molar-refractivity contribution in [1.82, 2.24) is 15.1 Å². The van der Waals surface area contributed by atoms with Gasteiger partial charge in [-0.1, -0.05) is 18.2 Å². The number of rotatable bonds is 4. The highest BCUT2D eigenvalue weighted by molar-refractivity contribution is 5.76. The second-order valence-electron chi connectivity index (χ2n) is 5.91. The van der Waals surface area contributed by atoms with Crippen LogP contribution in [0.15, 0.2) is 34.7 Å². The van der Waals surface area contributed by atoms with E-state index < -0.39 is 0 Å². The van der Waals surface area contributed by atoms with Crippen LogP contribution in [0.5, 0.6) is 0 Å². The van der Waals surface area contributed by atoms with E-state index in [4.69, 9.17) is 9.15 Å². The van der Waals surface area contributed by atoms with E-state index in [9.17, 15) is 4.79 Å². The van der Waals surface area contributed by atoms with E-state index in [0.717, 1.165) is 5.56 Å². The monoisotopic (exact) mass is 315 g/mol. The van der Waals surface area contributed by atoms with E-state index in [0.29, 0.717) is 37.8 Å². The van der Waals surface area contributed by atoms with Crippen LogP contribution in [-0.4, -0.2) is 46.3 Å². The molecule has 1 aromatic carbocycles. The van der Waals surface area contributed by atoms with Crippen molar-refractivity contribution in [3.63, 3.8) is 0 Å². The summed E-state index contributed by atoms with van der Waals surface area (Å²) < 4.78 is 11.2. The normalized spacial score (nSPS) is 21.4. The van der Waals surface area contributed by atoms with Crippen molar-refractivity contribution in [3.8, 4) is 11.5 Å². The first kappa shape index (κ1) is 15.7. The highest BCUT2D eigenvalue weighted by Gasteiger charge is 2.27. The maximum Gasteiger partial charge on any atom is 0.247 e. The highest BCUT2D eigenvalue weighted by atomic mass is 16.5. The molecule has 2 heterocycles. The van der Waals surface area contributed by atoms with Crippen LogP contribution in [0.25, 0.3) is 11.5 Å². The van der Waals surface area contributed by atoms with Crippen molar-refractivity contribution < 1.29 is 13.9 Å². The average Bonchev–Trinajstić information content (AvgIpc) is 3.05. The Kier molecular flexibility index (Phi) is 4.71. The van der Waals surface area contributed by atoms with Crippen LogP contribution in [-0.2, 0) is 16.0 Å². The van der Waals surface area contributed by atoms with Crippen LogP contribution in [0.2, 0.25) is 0 Å². The number of ether oxygens (including phenoxy) is 1. The summed E-state index contributed by atoms with van der Waals surface area (Å²) in [5.41, 5.74) is 0.883. The molecular formula is C17H21N3O3. The number of carbonyl (C=O) groups excluding carboxylic acids is 1. The molecule has 1 aliphatic heterocycles. The summed E-state index contributed by atoms with van der Waals surface area (Å²) >= 11 is 0. The molecule has 1 fully saturated rings. The molecule has 0 spiro atoms. The first-order valence-electron chi connectivity index (χ1n) is 7.92. The molecule has 6 nitrogen and oxygen atoms in total. The number of benzene rings is 1. The molecule has 1 saturated heterocycles. The third-order valence-electron chi connectivity index (χ3n) is 3.97. The fraction of sp³-hybridized carbons (Fsp3) is 0.471. The van der Waals surface area contributed by atoms with Gasteiger partial charge in [-0.25, -0.2) is 0 Å². The van der Waals surface area contributed by atoms with Gasteiger partial charge in [0.15, 0.2) is 0 Å². The van der Waals surface area contributed by atoms with Crippen molar-refractivity contribution >= 4 is 5.91 Å². The van der Waals surface area contributed by atoms with E-state index in [1.54, 1.807) is 0 Å². The van der Waals surface area contributed by atoms with Crippen LogP contribution in [0.3, 0.4) is 0 Å². The first-order chi connectivity index (χ1) is 11.1. The molecule has 1 aromatic heterocycles. The van der Waals surface area contributed by atoms with Crippen LogP contribution in [0.4, 0.5) is 0 Å². The Morgan fingerprint density at radius 1 is 1.26 bits per heavy atom. The average molecular weight is 315 g/mol. The van der Waals surface area contributed by atoms with Crippen LogP contribution < -0.4 is 0 Å². The summed E-state index contributed by atoms with van der Waals surface area (Å²) in [6.45, 7) is 5.21. The van der Waals surface area contributed by atoms with Gasteiger partial charge in [0, 0.05) is 24.9 Å². The Balaban J connectivity index is 1.58. The lowest BCUT2D eigenvalue weighted by molar-refractivity contribution is -0.143. The minimum Gasteiger partial charge on any atom is -0.421 e. The third-order valence-corrected chi connectivity index (χ3v) is 3.97. The van der Waals surface area contributed by atoms with Gasteiger partial charge in [0.05, 0.1) is 18.8 Å². The molecule has 23 heavy (non-hydrogen) atoms. The Labute approximate surface area is 135 Å². The van der Waals surface area contributed by atoms with E-state index in [2.05, 4.69) is 10.2 Å². The Morgan fingerprint density at radius 2 is 2.04 bits per heavy atom. The van der Waals surface area contributed by atoms with Crippen LogP contribution in [0.1, 0.15) is 26.2 Å². The van der Waals surface area contributed by atoms with E-state index in [-0.39, 0.29) is 18.1 Å². The van der Waals surface area contributed by atoms with Crippen molar-refractivity contribution in [1.29, 1.82) is 0 Å². The molecule has 1 aliphatic rings. The number of aryl methyl sites for hydroxylation is 1. The van der Waals surface area contributed by atoms with E-state index in [1.165, 1.54) is 0 Å². The molecule has 1 amide bonds. The molecule has 2 unspecified atom stereocenters. The van der Waals surface area contributed by atoms with Crippen molar-refractivity contribution in [2.75, 3.05) is 13.2 Å². The summed E-state index contributed by atoms with van der Waals surface area (Å²) in [7, 11) is 0. The van der Waals surface area contributed by atoms with Crippen LogP contribution >= 0.6 is 0 Å². The van der Waals surface area contributed by atoms with Gasteiger partial charge in [-0.2, -0.15) is 0 Å². The number of morpholine rings is 1. The third kappa shape index (κ3) is 3.76. The van der Waals surface area contributed by atoms with Gasteiger partial charge in [0.1, 0.15) is 0 Å². The van der Waals surface area contributed by atoms with Gasteiger partial charge in [-0.15, -0.1) is 10.2 Å². The van der Waals surface area contributed by atoms with Crippen molar-refractivity contribution in [2.45, 2.75) is 38.8 Å². The maximum atomic E-state index is 12.4. The number of aromatic nitrogens is 2. The fourth-order valence-corrected chi connectivity index (χ4v) is 2.66. The van der Waals surface area contributed by atoms with Gasteiger partial charge < -0.3 is 14.1 Å². The first-order valence-corrected chi connectivity index (χ1v) is 7.92. The molecule has 0 saturated carbocycles. The topological polar surface area (TPSA) is 68.5 Å². The maximum absolute atomic E-state index is 12.4. The molecule has 2 atom stereocenters. The predicted molar refractivity (Wildman–Crippen MR) is 84.6 cm³/mol. The summed E-state index contributed by atoms with van der Waals surface area (Å²) in [5, 5.41) is 8.07. The highest BCUT2D eigenvalue weighted by Crippen LogP contribution is 2.18. The molecule has 0 bridgehead atoms. The number of hydrogen-bond donors (Lipinski definition) is 0. The molecule has 122 valence electrons. The van der Waals surface area contributed by atoms with Gasteiger partial charge >= 0.3 is 0 Å². The lowest BCUT2D eigenvalue weighted by Crippen LogP contribution is -2.50. The van der Waals surface area contributed by atoms with E-state index >= 15 is 0 Å². The lowest BCUT2D eigenvalue weighted by atomic mass is 10.1. The summed E-state index contributed by atoms with van der Waals surface area (Å²) in [4.78, 5) is 14.3. The fourth-order valence-electron chi connectivity index (χ4n) is 2.66. The second kappa shape index (κ2) is 6.91. The molecule has 3 rings (SSSR count). The Hall–Kier alpha value is -2.21. The predicted octanol–water partition coefficient (Wildman–Crippen LogP) is 2.31. The van der Waals surface area contributed by atoms with Gasteiger partial charge in [-0.05, 0) is 26.0 Å². The number of carbonyl (C=O) groups is 1. The molecule has 2 aromatic rings. The number of amides is 1. The summed E-state index contributed by atoms with van der Waals surface area (Å²) in [6, 6.07) is 9.72. The van der Waals surface area contributed by atoms with Gasteiger partial charge in [-0.3, -0.25) is 4.79 Å². The van der Waals surface area contributed by atoms with Crippen molar-refractivity contribution in [3.05, 3.63) is 36.2 Å². The van der Waals surface area contributed by atoms with Gasteiger partial charge in [0.25, 0.3) is 0 Å². The SMILES string of the molecule is CC1CN(C(=O)CCc2nnc(-c3ccccc3)o2)C(C)CO1. The smallest absolute Gasteiger partial charge is 0.247 e. The standard InChI is InChI=1S/C17H21N3O3/c1-12-11-22-13(2)10-20(12)16(21)9-8-15-18-19-17(23-15)14-6-4-3-5-7-14/h3-7,12-13H,8-11H2,1-2H3. The zero-order valence-electron chi connectivity index (χ0n) is 13.4. The minimum atomic E-state index is 0.0863. The van der Waals surface area contributed by atoms with Crippen molar-refractivity contribution in [2.24, 2.45) is 0 Å². The Morgan fingerprint density at radius 3 is 2.83 bits per heavy atom. The zero-order chi connectivity index (χ0) is 16.2. The minimum absolute atomic E-state index is 0.0863.